The van der Waals surface area contributed by atoms with E-state index in [0.717, 1.165) is 62.1 Å². The Morgan fingerprint density at radius 2 is 2.10 bits per heavy atom. The summed E-state index contributed by atoms with van der Waals surface area (Å²) in [5.74, 6) is 2.00. The van der Waals surface area contributed by atoms with Crippen LogP contribution in [0.5, 0.6) is 0 Å². The van der Waals surface area contributed by atoms with Crippen molar-refractivity contribution in [2.45, 2.75) is 19.8 Å². The third kappa shape index (κ3) is 3.08. The molecule has 3 heterocycles. The fourth-order valence-corrected chi connectivity index (χ4v) is 2.74. The highest BCUT2D eigenvalue weighted by atomic mass is 15.2. The van der Waals surface area contributed by atoms with Gasteiger partial charge in [0.2, 0.25) is 0 Å². The van der Waals surface area contributed by atoms with Crippen molar-refractivity contribution in [1.82, 2.24) is 19.9 Å². The quantitative estimate of drug-likeness (QED) is 0.935. The fourth-order valence-electron chi connectivity index (χ4n) is 2.74. The third-order valence-corrected chi connectivity index (χ3v) is 3.92. The molecule has 1 fully saturated rings. The molecule has 0 aromatic carbocycles. The first-order chi connectivity index (χ1) is 10.3. The molecule has 2 aromatic rings. The van der Waals surface area contributed by atoms with Crippen molar-refractivity contribution >= 4 is 5.82 Å². The standard InChI is InChI=1S/C16H23N5/c1-3-13-12-20(2)16(18-13)14-6-4-7-15(19-14)21-10-5-8-17-9-11-21/h4,6-7,12,17H,3,5,8-11H2,1-2H3. The second-order valence-electron chi connectivity index (χ2n) is 5.49. The molecular formula is C16H23N5. The van der Waals surface area contributed by atoms with Gasteiger partial charge in [0.25, 0.3) is 0 Å². The van der Waals surface area contributed by atoms with Crippen LogP contribution in [0, 0.1) is 0 Å². The van der Waals surface area contributed by atoms with E-state index in [1.807, 2.05) is 13.1 Å². The summed E-state index contributed by atoms with van der Waals surface area (Å²) in [5, 5.41) is 3.43. The second-order valence-corrected chi connectivity index (χ2v) is 5.49. The average Bonchev–Trinajstić information content (AvgIpc) is 2.73. The van der Waals surface area contributed by atoms with Gasteiger partial charge in [0.05, 0.1) is 5.69 Å². The van der Waals surface area contributed by atoms with Gasteiger partial charge in [0.1, 0.15) is 11.5 Å². The van der Waals surface area contributed by atoms with Crippen LogP contribution in [0.25, 0.3) is 11.5 Å². The molecule has 5 nitrogen and oxygen atoms in total. The van der Waals surface area contributed by atoms with Gasteiger partial charge >= 0.3 is 0 Å². The number of nitrogens with one attached hydrogen (secondary N) is 1. The smallest absolute Gasteiger partial charge is 0.158 e. The number of aromatic nitrogens is 3. The van der Waals surface area contributed by atoms with Crippen LogP contribution in [0.2, 0.25) is 0 Å². The van der Waals surface area contributed by atoms with E-state index in [4.69, 9.17) is 4.98 Å². The Morgan fingerprint density at radius 1 is 1.19 bits per heavy atom. The highest BCUT2D eigenvalue weighted by Gasteiger charge is 2.13. The van der Waals surface area contributed by atoms with Gasteiger partial charge in [-0.2, -0.15) is 0 Å². The van der Waals surface area contributed by atoms with E-state index in [1.165, 1.54) is 0 Å². The van der Waals surface area contributed by atoms with Crippen molar-refractivity contribution in [1.29, 1.82) is 0 Å². The normalized spacial score (nSPS) is 16.0. The van der Waals surface area contributed by atoms with Crippen molar-refractivity contribution < 1.29 is 0 Å². The van der Waals surface area contributed by atoms with Gasteiger partial charge in [-0.05, 0) is 31.5 Å². The third-order valence-electron chi connectivity index (χ3n) is 3.92. The highest BCUT2D eigenvalue weighted by Crippen LogP contribution is 2.20. The van der Waals surface area contributed by atoms with Crippen LogP contribution in [-0.2, 0) is 13.5 Å². The van der Waals surface area contributed by atoms with Gasteiger partial charge in [0, 0.05) is 32.9 Å². The predicted octanol–water partition coefficient (Wildman–Crippen LogP) is 1.84. The summed E-state index contributed by atoms with van der Waals surface area (Å²) in [4.78, 5) is 11.9. The molecule has 1 aliphatic heterocycles. The van der Waals surface area contributed by atoms with Crippen LogP contribution < -0.4 is 10.2 Å². The first-order valence-electron chi connectivity index (χ1n) is 7.73. The Balaban J connectivity index is 1.89. The van der Waals surface area contributed by atoms with Crippen LogP contribution >= 0.6 is 0 Å². The number of nitrogens with zero attached hydrogens (tertiary/aromatic N) is 4. The number of anilines is 1. The van der Waals surface area contributed by atoms with Crippen LogP contribution in [0.4, 0.5) is 5.82 Å². The lowest BCUT2D eigenvalue weighted by atomic mass is 10.3. The zero-order chi connectivity index (χ0) is 14.7. The van der Waals surface area contributed by atoms with E-state index in [1.54, 1.807) is 0 Å². The minimum Gasteiger partial charge on any atom is -0.355 e. The lowest BCUT2D eigenvalue weighted by molar-refractivity contribution is 0.724. The lowest BCUT2D eigenvalue weighted by Crippen LogP contribution is -2.28. The zero-order valence-electron chi connectivity index (χ0n) is 12.8. The molecule has 21 heavy (non-hydrogen) atoms. The predicted molar refractivity (Wildman–Crippen MR) is 85.5 cm³/mol. The maximum absolute atomic E-state index is 4.83. The van der Waals surface area contributed by atoms with Crippen LogP contribution in [0.3, 0.4) is 0 Å². The SMILES string of the molecule is CCc1cn(C)c(-c2cccc(N3CCCNCC3)n2)n1. The molecule has 5 heteroatoms. The molecule has 0 radical (unpaired) electrons. The number of hydrogen-bond donors (Lipinski definition) is 1. The number of imidazole rings is 1. The largest absolute Gasteiger partial charge is 0.355 e. The first-order valence-corrected chi connectivity index (χ1v) is 7.73. The molecule has 0 atom stereocenters. The van der Waals surface area contributed by atoms with E-state index in [2.05, 4.69) is 45.0 Å². The number of pyridine rings is 1. The van der Waals surface area contributed by atoms with E-state index in [-0.39, 0.29) is 0 Å². The molecule has 0 amide bonds. The van der Waals surface area contributed by atoms with Gasteiger partial charge < -0.3 is 14.8 Å². The molecule has 2 aromatic heterocycles. The van der Waals surface area contributed by atoms with Gasteiger partial charge in [-0.25, -0.2) is 9.97 Å². The molecule has 1 saturated heterocycles. The molecule has 0 aliphatic carbocycles. The summed E-state index contributed by atoms with van der Waals surface area (Å²) in [6, 6.07) is 6.22. The van der Waals surface area contributed by atoms with Crippen molar-refractivity contribution in [3.05, 3.63) is 30.1 Å². The van der Waals surface area contributed by atoms with E-state index in [0.29, 0.717) is 0 Å². The van der Waals surface area contributed by atoms with Crippen LogP contribution in [0.15, 0.2) is 24.4 Å². The molecule has 0 unspecified atom stereocenters. The van der Waals surface area contributed by atoms with Crippen LogP contribution in [0.1, 0.15) is 19.0 Å². The lowest BCUT2D eigenvalue weighted by Gasteiger charge is -2.21. The average molecular weight is 285 g/mol. The maximum Gasteiger partial charge on any atom is 0.158 e. The molecule has 3 rings (SSSR count). The van der Waals surface area contributed by atoms with Crippen molar-refractivity contribution in [3.8, 4) is 11.5 Å². The molecule has 0 spiro atoms. The summed E-state index contributed by atoms with van der Waals surface area (Å²) in [7, 11) is 2.03. The summed E-state index contributed by atoms with van der Waals surface area (Å²) >= 11 is 0. The molecule has 0 bridgehead atoms. The number of hydrogen-bond acceptors (Lipinski definition) is 4. The summed E-state index contributed by atoms with van der Waals surface area (Å²) < 4.78 is 2.06. The van der Waals surface area contributed by atoms with Crippen molar-refractivity contribution in [2.24, 2.45) is 7.05 Å². The molecule has 0 saturated carbocycles. The molecule has 112 valence electrons. The van der Waals surface area contributed by atoms with Crippen molar-refractivity contribution in [2.75, 3.05) is 31.1 Å². The van der Waals surface area contributed by atoms with E-state index >= 15 is 0 Å². The highest BCUT2D eigenvalue weighted by molar-refractivity contribution is 5.55. The Hall–Kier alpha value is -1.88. The molecular weight excluding hydrogens is 262 g/mol. The molecule has 1 N–H and O–H groups in total. The fraction of sp³-hybridized carbons (Fsp3) is 0.500. The molecule has 1 aliphatic rings. The number of aryl methyl sites for hydroxylation is 2. The van der Waals surface area contributed by atoms with Gasteiger partial charge in [-0.1, -0.05) is 13.0 Å². The Morgan fingerprint density at radius 3 is 2.90 bits per heavy atom. The second kappa shape index (κ2) is 6.26. The zero-order valence-corrected chi connectivity index (χ0v) is 12.8. The minimum absolute atomic E-state index is 0.946. The monoisotopic (exact) mass is 285 g/mol. The van der Waals surface area contributed by atoms with Crippen molar-refractivity contribution in [3.63, 3.8) is 0 Å². The summed E-state index contributed by atoms with van der Waals surface area (Å²) in [6.07, 6.45) is 4.19. The van der Waals surface area contributed by atoms with Gasteiger partial charge in [-0.3, -0.25) is 0 Å². The van der Waals surface area contributed by atoms with Crippen LogP contribution in [-0.4, -0.2) is 40.7 Å². The summed E-state index contributed by atoms with van der Waals surface area (Å²) in [6.45, 7) is 6.31. The van der Waals surface area contributed by atoms with E-state index in [9.17, 15) is 0 Å². The Kier molecular flexibility index (Phi) is 4.20. The maximum atomic E-state index is 4.83. The van der Waals surface area contributed by atoms with E-state index < -0.39 is 0 Å². The Labute approximate surface area is 126 Å². The van der Waals surface area contributed by atoms with Gasteiger partial charge in [0.15, 0.2) is 5.82 Å². The Bertz CT molecular complexity index is 596. The van der Waals surface area contributed by atoms with Gasteiger partial charge in [-0.15, -0.1) is 0 Å². The minimum atomic E-state index is 0.946. The topological polar surface area (TPSA) is 46.0 Å². The number of rotatable bonds is 3. The first kappa shape index (κ1) is 14.1. The summed E-state index contributed by atoms with van der Waals surface area (Å²) in [5.41, 5.74) is 2.06.